The predicted molar refractivity (Wildman–Crippen MR) is 85.8 cm³/mol. The van der Waals surface area contributed by atoms with Gasteiger partial charge in [-0.3, -0.25) is 0 Å². The summed E-state index contributed by atoms with van der Waals surface area (Å²) in [7, 11) is 0. The monoisotopic (exact) mass is 362 g/mol. The second-order valence-electron chi connectivity index (χ2n) is 4.90. The molecule has 1 atom stereocenters. The van der Waals surface area contributed by atoms with E-state index >= 15 is 0 Å². The van der Waals surface area contributed by atoms with Crippen molar-refractivity contribution in [3.05, 3.63) is 70.3 Å². The maximum absolute atomic E-state index is 10.7. The summed E-state index contributed by atoms with van der Waals surface area (Å²) in [5.41, 5.74) is 1.84. The normalized spacial score (nSPS) is 16.9. The van der Waals surface area contributed by atoms with Crippen molar-refractivity contribution in [1.29, 1.82) is 0 Å². The molecular formula is C16H14N2O3Se. The second kappa shape index (κ2) is 6.73. The average Bonchev–Trinajstić information content (AvgIpc) is 3.03. The van der Waals surface area contributed by atoms with Gasteiger partial charge in [-0.15, -0.1) is 0 Å². The third-order valence-electron chi connectivity index (χ3n) is 3.32. The molecule has 0 bridgehead atoms. The van der Waals surface area contributed by atoms with Gasteiger partial charge in [0, 0.05) is 0 Å². The van der Waals surface area contributed by atoms with Crippen molar-refractivity contribution >= 4 is 30.8 Å². The van der Waals surface area contributed by atoms with Gasteiger partial charge in [0.25, 0.3) is 0 Å². The molecule has 0 aromatic heterocycles. The summed E-state index contributed by atoms with van der Waals surface area (Å²) in [6.45, 7) is 0. The first-order valence-electron chi connectivity index (χ1n) is 6.88. The van der Waals surface area contributed by atoms with Gasteiger partial charge in [-0.1, -0.05) is 0 Å². The number of nitro benzene ring substituents is 1. The fourth-order valence-electron chi connectivity index (χ4n) is 2.17. The molecule has 112 valence electrons. The van der Waals surface area contributed by atoms with Crippen molar-refractivity contribution in [1.82, 2.24) is 0 Å². The Morgan fingerprint density at radius 1 is 1.18 bits per heavy atom. The van der Waals surface area contributed by atoms with E-state index in [2.05, 4.69) is 17.3 Å². The van der Waals surface area contributed by atoms with Crippen LogP contribution in [0.1, 0.15) is 12.0 Å². The van der Waals surface area contributed by atoms with Crippen molar-refractivity contribution in [2.24, 2.45) is 5.16 Å². The molecule has 0 N–H and O–H groups in total. The van der Waals surface area contributed by atoms with Crippen molar-refractivity contribution < 1.29 is 9.76 Å². The summed E-state index contributed by atoms with van der Waals surface area (Å²) in [4.78, 5) is 15.7. The van der Waals surface area contributed by atoms with Gasteiger partial charge in [0.15, 0.2) is 0 Å². The van der Waals surface area contributed by atoms with E-state index in [4.69, 9.17) is 4.84 Å². The van der Waals surface area contributed by atoms with E-state index in [0.717, 1.165) is 23.0 Å². The molecule has 0 aliphatic carbocycles. The Labute approximate surface area is 134 Å². The maximum atomic E-state index is 10.7. The Balaban J connectivity index is 1.56. The fraction of sp³-hybridized carbons (Fsp3) is 0.188. The number of nitrogens with zero attached hydrogens (tertiary/aromatic N) is 2. The van der Waals surface area contributed by atoms with E-state index in [1.165, 1.54) is 16.6 Å². The Bertz CT molecular complexity index is 686. The molecule has 1 heterocycles. The Hall–Kier alpha value is -2.17. The van der Waals surface area contributed by atoms with Crippen LogP contribution < -0.4 is 4.46 Å². The van der Waals surface area contributed by atoms with Crippen LogP contribution in [0.5, 0.6) is 0 Å². The van der Waals surface area contributed by atoms with Crippen LogP contribution in [-0.4, -0.2) is 31.7 Å². The number of non-ortho nitro benzene ring substituents is 1. The van der Waals surface area contributed by atoms with Gasteiger partial charge in [0.05, 0.1) is 0 Å². The van der Waals surface area contributed by atoms with Gasteiger partial charge >= 0.3 is 134 Å². The van der Waals surface area contributed by atoms with E-state index in [1.54, 1.807) is 12.1 Å². The predicted octanol–water partition coefficient (Wildman–Crippen LogP) is 2.54. The van der Waals surface area contributed by atoms with E-state index in [9.17, 15) is 10.1 Å². The van der Waals surface area contributed by atoms with Gasteiger partial charge in [-0.2, -0.15) is 0 Å². The molecule has 0 saturated heterocycles. The van der Waals surface area contributed by atoms with Crippen LogP contribution in [0.3, 0.4) is 0 Å². The van der Waals surface area contributed by atoms with E-state index in [0.29, 0.717) is 15.0 Å². The van der Waals surface area contributed by atoms with Crippen LogP contribution in [0.15, 0.2) is 59.8 Å². The van der Waals surface area contributed by atoms with Gasteiger partial charge in [0.2, 0.25) is 0 Å². The van der Waals surface area contributed by atoms with Gasteiger partial charge < -0.3 is 0 Å². The molecule has 5 nitrogen and oxygen atoms in total. The number of hydrogen-bond donors (Lipinski definition) is 0. The van der Waals surface area contributed by atoms with E-state index in [-0.39, 0.29) is 11.8 Å². The molecule has 0 radical (unpaired) electrons. The summed E-state index contributed by atoms with van der Waals surface area (Å²) in [5, 5.41) is 15.8. The second-order valence-corrected chi connectivity index (χ2v) is 7.19. The summed E-state index contributed by atoms with van der Waals surface area (Å²) in [5.74, 6) is 0. The van der Waals surface area contributed by atoms with Crippen LogP contribution in [0.4, 0.5) is 5.69 Å². The molecule has 0 spiro atoms. The zero-order valence-corrected chi connectivity index (χ0v) is 13.4. The Morgan fingerprint density at radius 3 is 2.59 bits per heavy atom. The number of hydrogen-bond acceptors (Lipinski definition) is 4. The molecule has 2 aromatic carbocycles. The molecule has 0 fully saturated rings. The first-order chi connectivity index (χ1) is 10.7. The molecule has 22 heavy (non-hydrogen) atoms. The molecule has 6 heteroatoms. The average molecular weight is 361 g/mol. The zero-order valence-electron chi connectivity index (χ0n) is 11.7. The summed E-state index contributed by atoms with van der Waals surface area (Å²) >= 11 is 0.367. The third-order valence-corrected chi connectivity index (χ3v) is 5.72. The molecule has 1 unspecified atom stereocenters. The third kappa shape index (κ3) is 3.53. The Kier molecular flexibility index (Phi) is 4.51. The summed E-state index contributed by atoms with van der Waals surface area (Å²) < 4.78 is 1.35. The zero-order chi connectivity index (χ0) is 15.4. The summed E-state index contributed by atoms with van der Waals surface area (Å²) in [6.07, 6.45) is 0.859. The molecule has 0 amide bonds. The van der Waals surface area contributed by atoms with Gasteiger partial charge in [0.1, 0.15) is 0 Å². The van der Waals surface area contributed by atoms with E-state index < -0.39 is 4.92 Å². The fourth-order valence-corrected chi connectivity index (χ4v) is 4.07. The van der Waals surface area contributed by atoms with Crippen molar-refractivity contribution in [2.75, 3.05) is 0 Å². The first-order valence-corrected chi connectivity index (χ1v) is 8.94. The minimum atomic E-state index is -0.401. The van der Waals surface area contributed by atoms with Crippen molar-refractivity contribution in [3.63, 3.8) is 0 Å². The molecule has 2 aromatic rings. The topological polar surface area (TPSA) is 64.7 Å². The first kappa shape index (κ1) is 14.8. The van der Waals surface area contributed by atoms with Crippen LogP contribution in [0.25, 0.3) is 0 Å². The number of oxime groups is 1. The van der Waals surface area contributed by atoms with Gasteiger partial charge in [-0.25, -0.2) is 0 Å². The molecule has 3 rings (SSSR count). The standard InChI is InChI=1S/C16H14N2O3Se/c19-18(20)13-8-6-12(7-9-13)16-10-14(21-17-16)11-22-15-4-2-1-3-5-15/h1-9,14H,10-11H2. The molecule has 1 aliphatic heterocycles. The van der Waals surface area contributed by atoms with Crippen molar-refractivity contribution in [2.45, 2.75) is 17.8 Å². The van der Waals surface area contributed by atoms with Crippen LogP contribution in [-0.2, 0) is 4.84 Å². The number of rotatable bonds is 5. The quantitative estimate of drug-likeness (QED) is 0.467. The summed E-state index contributed by atoms with van der Waals surface area (Å²) in [6, 6.07) is 16.8. The van der Waals surface area contributed by atoms with Crippen molar-refractivity contribution in [3.8, 4) is 0 Å². The van der Waals surface area contributed by atoms with Crippen LogP contribution in [0.2, 0.25) is 5.32 Å². The number of benzene rings is 2. The molecular weight excluding hydrogens is 347 g/mol. The van der Waals surface area contributed by atoms with E-state index in [1.807, 2.05) is 18.2 Å². The Morgan fingerprint density at radius 2 is 1.91 bits per heavy atom. The van der Waals surface area contributed by atoms with Crippen LogP contribution >= 0.6 is 0 Å². The van der Waals surface area contributed by atoms with Gasteiger partial charge in [-0.05, 0) is 0 Å². The minimum absolute atomic E-state index is 0.0900. The molecule has 0 saturated carbocycles. The number of nitro groups is 1. The van der Waals surface area contributed by atoms with Crippen LogP contribution in [0, 0.1) is 10.1 Å². The SMILES string of the molecule is O=[N+]([O-])c1ccc(C2=NOC(C[Se]c3ccccc3)C2)cc1. The molecule has 1 aliphatic rings.